The molecule has 8 heteroatoms. The van der Waals surface area contributed by atoms with E-state index in [1.807, 2.05) is 30.3 Å². The molecule has 154 valence electrons. The maximum Gasteiger partial charge on any atom is 0.273 e. The molecule has 0 spiro atoms. The van der Waals surface area contributed by atoms with Crippen molar-refractivity contribution >= 4 is 52.0 Å². The van der Waals surface area contributed by atoms with Crippen LogP contribution in [0.5, 0.6) is 11.5 Å². The number of hydrogen-bond acceptors (Lipinski definition) is 5. The summed E-state index contributed by atoms with van der Waals surface area (Å²) < 4.78 is 12.3. The number of benzene rings is 3. The SMILES string of the molecule is COc1cc(/C=N\NC(=O)c2ccccc2N)cc(I)c1OCc1ccccc1Cl. The van der Waals surface area contributed by atoms with Crippen LogP contribution in [0.2, 0.25) is 5.02 Å². The van der Waals surface area contributed by atoms with Crippen LogP contribution < -0.4 is 20.6 Å². The molecule has 0 unspecified atom stereocenters. The minimum atomic E-state index is -0.384. The number of nitrogens with zero attached hydrogens (tertiary/aromatic N) is 1. The molecule has 0 aliphatic carbocycles. The highest BCUT2D eigenvalue weighted by molar-refractivity contribution is 14.1. The van der Waals surface area contributed by atoms with Gasteiger partial charge in [-0.2, -0.15) is 5.10 Å². The molecule has 6 nitrogen and oxygen atoms in total. The lowest BCUT2D eigenvalue weighted by molar-refractivity contribution is 0.0956. The van der Waals surface area contributed by atoms with Gasteiger partial charge in [-0.3, -0.25) is 4.79 Å². The molecule has 3 aromatic rings. The second-order valence-corrected chi connectivity index (χ2v) is 7.77. The first-order chi connectivity index (χ1) is 14.5. The molecular formula is C22H19ClIN3O3. The molecule has 0 aromatic heterocycles. The van der Waals surface area contributed by atoms with Crippen LogP contribution in [0.15, 0.2) is 65.8 Å². The van der Waals surface area contributed by atoms with Crippen molar-refractivity contribution in [2.24, 2.45) is 5.10 Å². The Morgan fingerprint density at radius 3 is 2.67 bits per heavy atom. The number of carbonyl (C=O) groups excluding carboxylic acids is 1. The van der Waals surface area contributed by atoms with Crippen molar-refractivity contribution < 1.29 is 14.3 Å². The lowest BCUT2D eigenvalue weighted by Crippen LogP contribution is -2.19. The maximum absolute atomic E-state index is 12.2. The summed E-state index contributed by atoms with van der Waals surface area (Å²) in [5, 5.41) is 4.66. The normalized spacial score (nSPS) is 10.8. The summed E-state index contributed by atoms with van der Waals surface area (Å²) in [4.78, 5) is 12.2. The summed E-state index contributed by atoms with van der Waals surface area (Å²) in [6.07, 6.45) is 1.53. The molecule has 3 rings (SSSR count). The van der Waals surface area contributed by atoms with E-state index in [1.165, 1.54) is 6.21 Å². The summed E-state index contributed by atoms with van der Waals surface area (Å²) in [5.41, 5.74) is 10.7. The van der Waals surface area contributed by atoms with Crippen molar-refractivity contribution in [2.75, 3.05) is 12.8 Å². The fourth-order valence-electron chi connectivity index (χ4n) is 2.65. The predicted molar refractivity (Wildman–Crippen MR) is 127 cm³/mol. The first kappa shape index (κ1) is 21.9. The van der Waals surface area contributed by atoms with Gasteiger partial charge in [0.1, 0.15) is 6.61 Å². The number of hydrazone groups is 1. The number of nitrogens with two attached hydrogens (primary N) is 1. The zero-order chi connectivity index (χ0) is 21.5. The maximum atomic E-state index is 12.2. The van der Waals surface area contributed by atoms with Gasteiger partial charge >= 0.3 is 0 Å². The molecule has 0 fully saturated rings. The third-order valence-electron chi connectivity index (χ3n) is 4.17. The zero-order valence-corrected chi connectivity index (χ0v) is 19.0. The van der Waals surface area contributed by atoms with E-state index in [1.54, 1.807) is 37.4 Å². The van der Waals surface area contributed by atoms with E-state index in [-0.39, 0.29) is 5.91 Å². The van der Waals surface area contributed by atoms with E-state index in [9.17, 15) is 4.79 Å². The Hall–Kier alpha value is -2.78. The summed E-state index contributed by atoms with van der Waals surface area (Å²) in [7, 11) is 1.56. The number of anilines is 1. The molecule has 1 amide bonds. The smallest absolute Gasteiger partial charge is 0.273 e. The Bertz CT molecular complexity index is 1090. The van der Waals surface area contributed by atoms with Crippen molar-refractivity contribution in [1.82, 2.24) is 5.43 Å². The van der Waals surface area contributed by atoms with Crippen molar-refractivity contribution in [3.8, 4) is 11.5 Å². The Kier molecular flexibility index (Phi) is 7.53. The van der Waals surface area contributed by atoms with Crippen molar-refractivity contribution in [3.63, 3.8) is 0 Å². The van der Waals surface area contributed by atoms with Crippen molar-refractivity contribution in [2.45, 2.75) is 6.61 Å². The number of nitrogen functional groups attached to an aromatic ring is 1. The highest BCUT2D eigenvalue weighted by Crippen LogP contribution is 2.34. The van der Waals surface area contributed by atoms with Crippen LogP contribution in [0, 0.1) is 3.57 Å². The number of ether oxygens (including phenoxy) is 2. The van der Waals surface area contributed by atoms with Crippen LogP contribution in [0.1, 0.15) is 21.5 Å². The minimum Gasteiger partial charge on any atom is -0.493 e. The third-order valence-corrected chi connectivity index (χ3v) is 5.34. The van der Waals surface area contributed by atoms with Crippen LogP contribution >= 0.6 is 34.2 Å². The van der Waals surface area contributed by atoms with Gasteiger partial charge < -0.3 is 15.2 Å². The quantitative estimate of drug-likeness (QED) is 0.195. The first-order valence-corrected chi connectivity index (χ1v) is 10.4. The molecule has 0 heterocycles. The molecule has 0 atom stereocenters. The van der Waals surface area contributed by atoms with Crippen LogP contribution in [0.4, 0.5) is 5.69 Å². The number of methoxy groups -OCH3 is 1. The molecule has 3 N–H and O–H groups in total. The van der Waals surface area contributed by atoms with E-state index < -0.39 is 0 Å². The average molecular weight is 536 g/mol. The molecule has 0 bridgehead atoms. The zero-order valence-electron chi connectivity index (χ0n) is 16.1. The van der Waals surface area contributed by atoms with E-state index in [0.717, 1.165) is 14.7 Å². The molecule has 30 heavy (non-hydrogen) atoms. The molecule has 0 radical (unpaired) electrons. The molecule has 0 aliphatic heterocycles. The van der Waals surface area contributed by atoms with Gasteiger partial charge in [-0.25, -0.2) is 5.43 Å². The molecule has 3 aromatic carbocycles. The number of para-hydroxylation sites is 1. The summed E-state index contributed by atoms with van der Waals surface area (Å²) in [6, 6.07) is 17.9. The van der Waals surface area contributed by atoms with Crippen LogP contribution in [0.25, 0.3) is 0 Å². The van der Waals surface area contributed by atoms with E-state index in [0.29, 0.717) is 34.4 Å². The van der Waals surface area contributed by atoms with Gasteiger partial charge in [-0.15, -0.1) is 0 Å². The fraction of sp³-hybridized carbons (Fsp3) is 0.0909. The summed E-state index contributed by atoms with van der Waals surface area (Å²) in [5.74, 6) is 0.774. The van der Waals surface area contributed by atoms with Crippen LogP contribution in [0.3, 0.4) is 0 Å². The fourth-order valence-corrected chi connectivity index (χ4v) is 3.62. The summed E-state index contributed by atoms with van der Waals surface area (Å²) >= 11 is 8.35. The largest absolute Gasteiger partial charge is 0.493 e. The Labute approximate surface area is 193 Å². The highest BCUT2D eigenvalue weighted by Gasteiger charge is 2.13. The molecule has 0 saturated heterocycles. The second-order valence-electron chi connectivity index (χ2n) is 6.20. The Morgan fingerprint density at radius 2 is 1.93 bits per heavy atom. The van der Waals surface area contributed by atoms with E-state index in [2.05, 4.69) is 33.1 Å². The number of halogens is 2. The molecule has 0 aliphatic rings. The topological polar surface area (TPSA) is 85.9 Å². The second kappa shape index (κ2) is 10.3. The Morgan fingerprint density at radius 1 is 1.20 bits per heavy atom. The highest BCUT2D eigenvalue weighted by atomic mass is 127. The Balaban J connectivity index is 1.72. The number of amides is 1. The number of nitrogens with one attached hydrogen (secondary N) is 1. The van der Waals surface area contributed by atoms with Gasteiger partial charge in [-0.1, -0.05) is 41.9 Å². The van der Waals surface area contributed by atoms with Crippen LogP contribution in [-0.4, -0.2) is 19.2 Å². The van der Waals surface area contributed by atoms with Gasteiger partial charge in [0.15, 0.2) is 11.5 Å². The van der Waals surface area contributed by atoms with Gasteiger partial charge in [0.25, 0.3) is 5.91 Å². The van der Waals surface area contributed by atoms with Gasteiger partial charge in [-0.05, 0) is 58.5 Å². The lowest BCUT2D eigenvalue weighted by atomic mass is 10.2. The monoisotopic (exact) mass is 535 g/mol. The van der Waals surface area contributed by atoms with Crippen molar-refractivity contribution in [1.29, 1.82) is 0 Å². The number of carbonyl (C=O) groups is 1. The van der Waals surface area contributed by atoms with Gasteiger partial charge in [0.05, 0.1) is 22.5 Å². The lowest BCUT2D eigenvalue weighted by Gasteiger charge is -2.14. The van der Waals surface area contributed by atoms with Gasteiger partial charge in [0, 0.05) is 16.3 Å². The molecule has 0 saturated carbocycles. The number of hydrogen-bond donors (Lipinski definition) is 2. The van der Waals surface area contributed by atoms with E-state index in [4.69, 9.17) is 26.8 Å². The number of rotatable bonds is 7. The van der Waals surface area contributed by atoms with E-state index >= 15 is 0 Å². The summed E-state index contributed by atoms with van der Waals surface area (Å²) in [6.45, 7) is 0.314. The van der Waals surface area contributed by atoms with Crippen molar-refractivity contribution in [3.05, 3.63) is 85.9 Å². The van der Waals surface area contributed by atoms with Gasteiger partial charge in [0.2, 0.25) is 0 Å². The van der Waals surface area contributed by atoms with Crippen LogP contribution in [-0.2, 0) is 6.61 Å². The minimum absolute atomic E-state index is 0.314. The third kappa shape index (κ3) is 5.43. The predicted octanol–water partition coefficient (Wildman–Crippen LogP) is 4.88. The first-order valence-electron chi connectivity index (χ1n) is 8.91. The average Bonchev–Trinajstić information content (AvgIpc) is 2.74. The standard InChI is InChI=1S/C22H19ClIN3O3/c1-29-20-11-14(12-26-27-22(28)16-7-3-5-9-19(16)25)10-18(24)21(20)30-13-15-6-2-4-8-17(15)23/h2-12H,13,25H2,1H3,(H,27,28)/b26-12-. The molecular weight excluding hydrogens is 517 g/mol.